The van der Waals surface area contributed by atoms with Gasteiger partial charge in [-0.25, -0.2) is 0 Å². The van der Waals surface area contributed by atoms with Gasteiger partial charge in [-0.15, -0.1) is 0 Å². The van der Waals surface area contributed by atoms with Crippen molar-refractivity contribution in [3.8, 4) is 0 Å². The van der Waals surface area contributed by atoms with Gasteiger partial charge in [-0.3, -0.25) is 0 Å². The maximum Gasteiger partial charge on any atom is 0.0371 e. The van der Waals surface area contributed by atoms with Gasteiger partial charge in [-0.2, -0.15) is 0 Å². The second kappa shape index (κ2) is 4.72. The van der Waals surface area contributed by atoms with E-state index in [4.69, 9.17) is 0 Å². The van der Waals surface area contributed by atoms with Crippen molar-refractivity contribution >= 4 is 5.69 Å². The minimum absolute atomic E-state index is 0.815. The highest BCUT2D eigenvalue weighted by molar-refractivity contribution is 5.49. The Balaban J connectivity index is 1.85. The van der Waals surface area contributed by atoms with E-state index in [1.807, 2.05) is 0 Å². The number of anilines is 1. The van der Waals surface area contributed by atoms with E-state index in [0.29, 0.717) is 0 Å². The van der Waals surface area contributed by atoms with Gasteiger partial charge >= 0.3 is 0 Å². The second-order valence-corrected chi connectivity index (χ2v) is 5.73. The van der Waals surface area contributed by atoms with Gasteiger partial charge in [0.1, 0.15) is 0 Å². The van der Waals surface area contributed by atoms with Gasteiger partial charge in [0.2, 0.25) is 0 Å². The highest BCUT2D eigenvalue weighted by Gasteiger charge is 2.37. The lowest BCUT2D eigenvalue weighted by Gasteiger charge is -2.50. The van der Waals surface area contributed by atoms with Crippen molar-refractivity contribution in [2.75, 3.05) is 4.90 Å². The molecule has 2 bridgehead atoms. The lowest BCUT2D eigenvalue weighted by molar-refractivity contribution is 0.224. The molecule has 1 aromatic rings. The van der Waals surface area contributed by atoms with Crippen molar-refractivity contribution in [1.29, 1.82) is 0 Å². The van der Waals surface area contributed by atoms with E-state index in [0.717, 1.165) is 18.0 Å². The molecule has 2 fully saturated rings. The van der Waals surface area contributed by atoms with Gasteiger partial charge in [0.05, 0.1) is 0 Å². The lowest BCUT2D eigenvalue weighted by atomic mass is 9.77. The number of hydrogen-bond acceptors (Lipinski definition) is 1. The Bertz CT molecular complexity index is 345. The molecule has 2 aliphatic heterocycles. The van der Waals surface area contributed by atoms with Gasteiger partial charge < -0.3 is 4.90 Å². The van der Waals surface area contributed by atoms with Crippen LogP contribution in [-0.2, 0) is 0 Å². The summed E-state index contributed by atoms with van der Waals surface area (Å²) in [5, 5.41) is 0. The molecule has 92 valence electrons. The predicted octanol–water partition coefficient (Wildman–Crippen LogP) is 4.23. The van der Waals surface area contributed by atoms with Crippen molar-refractivity contribution in [3.05, 3.63) is 30.3 Å². The van der Waals surface area contributed by atoms with Gasteiger partial charge in [0.15, 0.2) is 0 Å². The first-order valence-corrected chi connectivity index (χ1v) is 7.22. The molecule has 1 unspecified atom stereocenters. The van der Waals surface area contributed by atoms with E-state index >= 15 is 0 Å². The number of nitrogens with zero attached hydrogens (tertiary/aromatic N) is 1. The Morgan fingerprint density at radius 3 is 2.29 bits per heavy atom. The number of para-hydroxylation sites is 1. The fourth-order valence-corrected chi connectivity index (χ4v) is 3.85. The van der Waals surface area contributed by atoms with E-state index in [2.05, 4.69) is 42.2 Å². The predicted molar refractivity (Wildman–Crippen MR) is 73.4 cm³/mol. The lowest BCUT2D eigenvalue weighted by Crippen LogP contribution is -2.52. The Labute approximate surface area is 105 Å². The van der Waals surface area contributed by atoms with Crippen LogP contribution in [0.2, 0.25) is 0 Å². The Morgan fingerprint density at radius 1 is 1.06 bits per heavy atom. The van der Waals surface area contributed by atoms with E-state index in [1.165, 1.54) is 44.2 Å². The fraction of sp³-hybridized carbons (Fsp3) is 0.625. The molecule has 2 aliphatic rings. The van der Waals surface area contributed by atoms with Crippen LogP contribution in [0.4, 0.5) is 5.69 Å². The van der Waals surface area contributed by atoms with Crippen LogP contribution in [0.5, 0.6) is 0 Å². The number of benzene rings is 1. The van der Waals surface area contributed by atoms with Gasteiger partial charge in [0, 0.05) is 17.8 Å². The van der Waals surface area contributed by atoms with Crippen LogP contribution < -0.4 is 4.90 Å². The van der Waals surface area contributed by atoms with E-state index in [9.17, 15) is 0 Å². The molecule has 0 spiro atoms. The fourth-order valence-electron chi connectivity index (χ4n) is 3.85. The summed E-state index contributed by atoms with van der Waals surface area (Å²) < 4.78 is 0. The molecular formula is C16H23N. The molecule has 1 heteroatoms. The molecule has 0 saturated carbocycles. The second-order valence-electron chi connectivity index (χ2n) is 5.73. The molecule has 0 N–H and O–H groups in total. The van der Waals surface area contributed by atoms with E-state index in [-0.39, 0.29) is 0 Å². The van der Waals surface area contributed by atoms with Crippen LogP contribution in [0.1, 0.15) is 45.4 Å². The summed E-state index contributed by atoms with van der Waals surface area (Å²) in [7, 11) is 0. The van der Waals surface area contributed by atoms with Crippen molar-refractivity contribution in [2.45, 2.75) is 57.5 Å². The number of rotatable bonds is 2. The average Bonchev–Trinajstić information content (AvgIpc) is 2.38. The van der Waals surface area contributed by atoms with Gasteiger partial charge in [0.25, 0.3) is 0 Å². The van der Waals surface area contributed by atoms with Gasteiger partial charge in [-0.05, 0) is 50.2 Å². The zero-order chi connectivity index (χ0) is 11.7. The van der Waals surface area contributed by atoms with Crippen molar-refractivity contribution in [3.63, 3.8) is 0 Å². The highest BCUT2D eigenvalue weighted by Crippen LogP contribution is 2.40. The van der Waals surface area contributed by atoms with Crippen LogP contribution in [0.3, 0.4) is 0 Å². The molecule has 17 heavy (non-hydrogen) atoms. The summed E-state index contributed by atoms with van der Waals surface area (Å²) in [6.45, 7) is 2.36. The standard InChI is InChI=1S/C16H23N/c1-2-13-11-15-9-6-10-16(12-13)17(15)14-7-4-3-5-8-14/h3-5,7-8,13,15-16H,2,6,9-12H2,1H3/t13?,15-,16+. The number of piperidine rings is 2. The molecule has 1 nitrogen and oxygen atoms in total. The first kappa shape index (κ1) is 11.1. The molecule has 3 atom stereocenters. The van der Waals surface area contributed by atoms with Crippen LogP contribution in [0.25, 0.3) is 0 Å². The zero-order valence-corrected chi connectivity index (χ0v) is 10.8. The van der Waals surface area contributed by atoms with Crippen LogP contribution in [0.15, 0.2) is 30.3 Å². The number of hydrogen-bond donors (Lipinski definition) is 0. The minimum Gasteiger partial charge on any atom is -0.366 e. The first-order chi connectivity index (χ1) is 8.38. The van der Waals surface area contributed by atoms with Crippen molar-refractivity contribution in [2.24, 2.45) is 5.92 Å². The molecule has 0 aromatic heterocycles. The Kier molecular flexibility index (Phi) is 3.09. The third-order valence-electron chi connectivity index (χ3n) is 4.70. The molecular weight excluding hydrogens is 206 g/mol. The smallest absolute Gasteiger partial charge is 0.0371 e. The van der Waals surface area contributed by atoms with Crippen molar-refractivity contribution in [1.82, 2.24) is 0 Å². The molecule has 0 amide bonds. The largest absolute Gasteiger partial charge is 0.366 e. The third-order valence-corrected chi connectivity index (χ3v) is 4.70. The van der Waals surface area contributed by atoms with E-state index < -0.39 is 0 Å². The summed E-state index contributed by atoms with van der Waals surface area (Å²) in [4.78, 5) is 2.73. The topological polar surface area (TPSA) is 3.24 Å². The maximum absolute atomic E-state index is 2.73. The third kappa shape index (κ3) is 2.08. The SMILES string of the molecule is CCC1C[C@H]2CCC[C@@H](C1)N2c1ccccc1. The van der Waals surface area contributed by atoms with Gasteiger partial charge in [-0.1, -0.05) is 31.5 Å². The molecule has 3 rings (SSSR count). The van der Waals surface area contributed by atoms with E-state index in [1.54, 1.807) is 0 Å². The minimum atomic E-state index is 0.815. The summed E-state index contributed by atoms with van der Waals surface area (Å²) in [6, 6.07) is 12.7. The maximum atomic E-state index is 2.73. The Morgan fingerprint density at radius 2 is 1.71 bits per heavy atom. The molecule has 2 heterocycles. The number of fused-ring (bicyclic) bond motifs is 2. The normalized spacial score (nSPS) is 32.5. The molecule has 2 saturated heterocycles. The van der Waals surface area contributed by atoms with Crippen LogP contribution in [0, 0.1) is 5.92 Å². The van der Waals surface area contributed by atoms with Crippen molar-refractivity contribution < 1.29 is 0 Å². The Hall–Kier alpha value is -0.980. The molecule has 1 aromatic carbocycles. The average molecular weight is 229 g/mol. The zero-order valence-electron chi connectivity index (χ0n) is 10.8. The monoisotopic (exact) mass is 229 g/mol. The summed E-state index contributed by atoms with van der Waals surface area (Å²) in [5.74, 6) is 0.977. The molecule has 0 radical (unpaired) electrons. The summed E-state index contributed by atoms with van der Waals surface area (Å²) in [6.07, 6.45) is 8.46. The quantitative estimate of drug-likeness (QED) is 0.733. The summed E-state index contributed by atoms with van der Waals surface area (Å²) >= 11 is 0. The first-order valence-electron chi connectivity index (χ1n) is 7.22. The highest BCUT2D eigenvalue weighted by atomic mass is 15.2. The molecule has 0 aliphatic carbocycles. The van der Waals surface area contributed by atoms with Crippen LogP contribution >= 0.6 is 0 Å². The van der Waals surface area contributed by atoms with Crippen LogP contribution in [-0.4, -0.2) is 12.1 Å². The summed E-state index contributed by atoms with van der Waals surface area (Å²) in [5.41, 5.74) is 1.46.